The third-order valence-corrected chi connectivity index (χ3v) is 4.33. The molecule has 0 spiro atoms. The second-order valence-corrected chi connectivity index (χ2v) is 5.91. The van der Waals surface area contributed by atoms with Crippen LogP contribution in [0.2, 0.25) is 0 Å². The van der Waals surface area contributed by atoms with E-state index in [1.807, 2.05) is 0 Å². The predicted molar refractivity (Wildman–Crippen MR) is 80.1 cm³/mol. The molecule has 2 nitrogen and oxygen atoms in total. The number of nitrogens with two attached hydrogens (primary N) is 1. The van der Waals surface area contributed by atoms with E-state index in [0.717, 1.165) is 5.92 Å². The van der Waals surface area contributed by atoms with Crippen molar-refractivity contribution >= 4 is 0 Å². The summed E-state index contributed by atoms with van der Waals surface area (Å²) in [5, 5.41) is 0. The van der Waals surface area contributed by atoms with Gasteiger partial charge in [-0.2, -0.15) is 0 Å². The lowest BCUT2D eigenvalue weighted by Crippen LogP contribution is -2.26. The van der Waals surface area contributed by atoms with Crippen molar-refractivity contribution in [3.05, 3.63) is 35.4 Å². The average molecular weight is 261 g/mol. The van der Waals surface area contributed by atoms with Gasteiger partial charge in [-0.15, -0.1) is 0 Å². The third-order valence-electron chi connectivity index (χ3n) is 4.33. The predicted octanol–water partition coefficient (Wildman–Crippen LogP) is 3.98. The van der Waals surface area contributed by atoms with Crippen LogP contribution >= 0.6 is 0 Å². The second kappa shape index (κ2) is 7.06. The van der Waals surface area contributed by atoms with Gasteiger partial charge in [-0.05, 0) is 31.2 Å². The standard InChI is InChI=1S/C17H27NO/c1-3-14-5-4-6-16(11-14)19-12-17(18)15-9-7-13(2)8-10-15/h7-10,14,16-17H,3-6,11-12,18H2,1-2H3. The molecule has 1 aliphatic rings. The first kappa shape index (κ1) is 14.5. The van der Waals surface area contributed by atoms with Crippen molar-refractivity contribution in [3.63, 3.8) is 0 Å². The second-order valence-electron chi connectivity index (χ2n) is 5.91. The van der Waals surface area contributed by atoms with E-state index in [2.05, 4.69) is 38.1 Å². The Labute approximate surface area is 117 Å². The minimum absolute atomic E-state index is 0.00241. The average Bonchev–Trinajstić information content (AvgIpc) is 2.46. The molecule has 0 amide bonds. The Hall–Kier alpha value is -0.860. The molecular weight excluding hydrogens is 234 g/mol. The summed E-state index contributed by atoms with van der Waals surface area (Å²) in [6.45, 7) is 5.02. The molecule has 0 aromatic heterocycles. The number of hydrogen-bond donors (Lipinski definition) is 1. The van der Waals surface area contributed by atoms with Crippen LogP contribution in [0.4, 0.5) is 0 Å². The van der Waals surface area contributed by atoms with Crippen molar-refractivity contribution < 1.29 is 4.74 Å². The molecule has 2 N–H and O–H groups in total. The van der Waals surface area contributed by atoms with E-state index in [-0.39, 0.29) is 6.04 Å². The molecule has 106 valence electrons. The Kier molecular flexibility index (Phi) is 5.41. The van der Waals surface area contributed by atoms with Crippen LogP contribution in [-0.4, -0.2) is 12.7 Å². The lowest BCUT2D eigenvalue weighted by Gasteiger charge is -2.29. The molecule has 1 saturated carbocycles. The minimum atomic E-state index is 0.00241. The van der Waals surface area contributed by atoms with Crippen LogP contribution in [0.5, 0.6) is 0 Å². The fourth-order valence-corrected chi connectivity index (χ4v) is 2.91. The van der Waals surface area contributed by atoms with Crippen LogP contribution in [0, 0.1) is 12.8 Å². The van der Waals surface area contributed by atoms with Gasteiger partial charge in [-0.25, -0.2) is 0 Å². The smallest absolute Gasteiger partial charge is 0.0663 e. The van der Waals surface area contributed by atoms with E-state index in [9.17, 15) is 0 Å². The van der Waals surface area contributed by atoms with Gasteiger partial charge in [0.15, 0.2) is 0 Å². The normalized spacial score (nSPS) is 25.2. The number of ether oxygens (including phenoxy) is 1. The van der Waals surface area contributed by atoms with Crippen LogP contribution in [0.15, 0.2) is 24.3 Å². The quantitative estimate of drug-likeness (QED) is 0.870. The first-order chi connectivity index (χ1) is 9.19. The summed E-state index contributed by atoms with van der Waals surface area (Å²) >= 11 is 0. The Balaban J connectivity index is 1.79. The molecule has 3 unspecified atom stereocenters. The zero-order valence-corrected chi connectivity index (χ0v) is 12.3. The molecule has 1 aromatic rings. The summed E-state index contributed by atoms with van der Waals surface area (Å²) in [5.74, 6) is 0.856. The Bertz CT molecular complexity index is 373. The molecule has 1 fully saturated rings. The van der Waals surface area contributed by atoms with Crippen molar-refractivity contribution in [3.8, 4) is 0 Å². The monoisotopic (exact) mass is 261 g/mol. The molecule has 0 saturated heterocycles. The lowest BCUT2D eigenvalue weighted by molar-refractivity contribution is 0.00561. The van der Waals surface area contributed by atoms with Gasteiger partial charge >= 0.3 is 0 Å². The lowest BCUT2D eigenvalue weighted by atomic mass is 9.85. The molecular formula is C17H27NO. The van der Waals surface area contributed by atoms with E-state index in [0.29, 0.717) is 12.7 Å². The third kappa shape index (κ3) is 4.32. The van der Waals surface area contributed by atoms with E-state index in [1.54, 1.807) is 0 Å². The van der Waals surface area contributed by atoms with Gasteiger partial charge < -0.3 is 10.5 Å². The Morgan fingerprint density at radius 3 is 2.68 bits per heavy atom. The summed E-state index contributed by atoms with van der Waals surface area (Å²) < 4.78 is 6.04. The Morgan fingerprint density at radius 2 is 2.00 bits per heavy atom. The first-order valence-corrected chi connectivity index (χ1v) is 7.62. The van der Waals surface area contributed by atoms with Gasteiger partial charge in [-0.3, -0.25) is 0 Å². The molecule has 2 rings (SSSR count). The molecule has 0 radical (unpaired) electrons. The molecule has 19 heavy (non-hydrogen) atoms. The highest BCUT2D eigenvalue weighted by Crippen LogP contribution is 2.28. The number of benzene rings is 1. The van der Waals surface area contributed by atoms with Crippen molar-refractivity contribution in [2.24, 2.45) is 11.7 Å². The molecule has 2 heteroatoms. The van der Waals surface area contributed by atoms with Crippen LogP contribution in [0.25, 0.3) is 0 Å². The van der Waals surface area contributed by atoms with Gasteiger partial charge in [0.05, 0.1) is 18.8 Å². The van der Waals surface area contributed by atoms with Gasteiger partial charge in [-0.1, -0.05) is 56.0 Å². The topological polar surface area (TPSA) is 35.2 Å². The van der Waals surface area contributed by atoms with E-state index in [1.165, 1.54) is 43.2 Å². The Morgan fingerprint density at radius 1 is 1.26 bits per heavy atom. The SMILES string of the molecule is CCC1CCCC(OCC(N)c2ccc(C)cc2)C1. The van der Waals surface area contributed by atoms with Crippen molar-refractivity contribution in [2.45, 2.75) is 58.1 Å². The van der Waals surface area contributed by atoms with E-state index >= 15 is 0 Å². The molecule has 1 aliphatic carbocycles. The summed E-state index contributed by atoms with van der Waals surface area (Å²) in [5.41, 5.74) is 8.65. The highest BCUT2D eigenvalue weighted by atomic mass is 16.5. The highest BCUT2D eigenvalue weighted by molar-refractivity contribution is 5.23. The van der Waals surface area contributed by atoms with Gasteiger partial charge in [0.25, 0.3) is 0 Å². The zero-order chi connectivity index (χ0) is 13.7. The number of hydrogen-bond acceptors (Lipinski definition) is 2. The van der Waals surface area contributed by atoms with E-state index in [4.69, 9.17) is 10.5 Å². The summed E-state index contributed by atoms with van der Waals surface area (Å²) in [7, 11) is 0. The van der Waals surface area contributed by atoms with Crippen LogP contribution in [0.1, 0.15) is 56.2 Å². The van der Waals surface area contributed by atoms with Gasteiger partial charge in [0.1, 0.15) is 0 Å². The maximum Gasteiger partial charge on any atom is 0.0663 e. The fraction of sp³-hybridized carbons (Fsp3) is 0.647. The highest BCUT2D eigenvalue weighted by Gasteiger charge is 2.21. The summed E-state index contributed by atoms with van der Waals surface area (Å²) in [6.07, 6.45) is 6.82. The van der Waals surface area contributed by atoms with Crippen molar-refractivity contribution in [2.75, 3.05) is 6.61 Å². The summed E-state index contributed by atoms with van der Waals surface area (Å²) in [6, 6.07) is 8.45. The van der Waals surface area contributed by atoms with Crippen LogP contribution in [-0.2, 0) is 4.74 Å². The summed E-state index contributed by atoms with van der Waals surface area (Å²) in [4.78, 5) is 0. The maximum absolute atomic E-state index is 6.20. The molecule has 0 aliphatic heterocycles. The van der Waals surface area contributed by atoms with Gasteiger partial charge in [0.2, 0.25) is 0 Å². The van der Waals surface area contributed by atoms with E-state index < -0.39 is 0 Å². The van der Waals surface area contributed by atoms with Crippen LogP contribution in [0.3, 0.4) is 0 Å². The van der Waals surface area contributed by atoms with Crippen molar-refractivity contribution in [1.29, 1.82) is 0 Å². The van der Waals surface area contributed by atoms with Crippen LogP contribution < -0.4 is 5.73 Å². The number of aryl methyl sites for hydroxylation is 1. The largest absolute Gasteiger partial charge is 0.376 e. The molecule has 1 aromatic carbocycles. The maximum atomic E-state index is 6.20. The first-order valence-electron chi connectivity index (χ1n) is 7.62. The van der Waals surface area contributed by atoms with Gasteiger partial charge in [0, 0.05) is 0 Å². The molecule has 0 bridgehead atoms. The fourth-order valence-electron chi connectivity index (χ4n) is 2.91. The number of rotatable bonds is 5. The molecule has 0 heterocycles. The zero-order valence-electron chi connectivity index (χ0n) is 12.3. The van der Waals surface area contributed by atoms with Crippen molar-refractivity contribution in [1.82, 2.24) is 0 Å². The molecule has 3 atom stereocenters. The minimum Gasteiger partial charge on any atom is -0.376 e.